The van der Waals surface area contributed by atoms with Crippen LogP contribution in [0.4, 0.5) is 0 Å². The molecule has 2 saturated heterocycles. The van der Waals surface area contributed by atoms with E-state index in [9.17, 15) is 0 Å². The highest BCUT2D eigenvalue weighted by atomic mass is 16.5. The standard InChI is InChI=1S/C11H21NO/c1-11(5-2-3-6-12-11)8-10-4-7-13-9-10/h10,12H,2-9H2,1H3. The average molecular weight is 183 g/mol. The van der Waals surface area contributed by atoms with Crippen LogP contribution < -0.4 is 5.32 Å². The van der Waals surface area contributed by atoms with E-state index < -0.39 is 0 Å². The molecule has 0 saturated carbocycles. The van der Waals surface area contributed by atoms with Crippen LogP contribution in [0, 0.1) is 5.92 Å². The third-order valence-corrected chi connectivity index (χ3v) is 3.47. The van der Waals surface area contributed by atoms with Gasteiger partial charge in [-0.2, -0.15) is 0 Å². The molecule has 2 fully saturated rings. The van der Waals surface area contributed by atoms with Crippen molar-refractivity contribution in [3.05, 3.63) is 0 Å². The molecule has 2 aliphatic heterocycles. The largest absolute Gasteiger partial charge is 0.381 e. The Bertz CT molecular complexity index is 157. The van der Waals surface area contributed by atoms with Gasteiger partial charge in [-0.15, -0.1) is 0 Å². The zero-order chi connectivity index (χ0) is 9.15. The molecule has 2 atom stereocenters. The quantitative estimate of drug-likeness (QED) is 0.706. The second-order valence-electron chi connectivity index (χ2n) is 4.88. The van der Waals surface area contributed by atoms with Crippen molar-refractivity contribution in [2.45, 2.75) is 44.6 Å². The molecule has 76 valence electrons. The molecule has 0 aromatic carbocycles. The minimum Gasteiger partial charge on any atom is -0.381 e. The summed E-state index contributed by atoms with van der Waals surface area (Å²) in [6.07, 6.45) is 6.70. The van der Waals surface area contributed by atoms with E-state index in [1.165, 1.54) is 38.6 Å². The molecule has 0 amide bonds. The normalized spacial score (nSPS) is 40.8. The van der Waals surface area contributed by atoms with Gasteiger partial charge < -0.3 is 10.1 Å². The lowest BCUT2D eigenvalue weighted by Gasteiger charge is -2.36. The highest BCUT2D eigenvalue weighted by Crippen LogP contribution is 2.29. The van der Waals surface area contributed by atoms with E-state index in [-0.39, 0.29) is 0 Å². The molecule has 0 spiro atoms. The minimum absolute atomic E-state index is 0.413. The van der Waals surface area contributed by atoms with Crippen LogP contribution in [0.3, 0.4) is 0 Å². The summed E-state index contributed by atoms with van der Waals surface area (Å²) >= 11 is 0. The number of piperidine rings is 1. The van der Waals surface area contributed by atoms with Gasteiger partial charge in [0.25, 0.3) is 0 Å². The van der Waals surface area contributed by atoms with Gasteiger partial charge in [-0.3, -0.25) is 0 Å². The molecule has 0 aromatic rings. The van der Waals surface area contributed by atoms with Crippen molar-refractivity contribution in [1.29, 1.82) is 0 Å². The van der Waals surface area contributed by atoms with Crippen LogP contribution in [-0.2, 0) is 4.74 Å². The minimum atomic E-state index is 0.413. The van der Waals surface area contributed by atoms with Gasteiger partial charge in [0.05, 0.1) is 0 Å². The first-order valence-corrected chi connectivity index (χ1v) is 5.61. The second-order valence-corrected chi connectivity index (χ2v) is 4.88. The average Bonchev–Trinajstić information content (AvgIpc) is 2.57. The van der Waals surface area contributed by atoms with Crippen LogP contribution >= 0.6 is 0 Å². The maximum absolute atomic E-state index is 5.42. The van der Waals surface area contributed by atoms with Gasteiger partial charge in [-0.05, 0) is 45.1 Å². The Hall–Kier alpha value is -0.0800. The SMILES string of the molecule is CC1(CC2CCOC2)CCCCN1. The van der Waals surface area contributed by atoms with Crippen molar-refractivity contribution in [2.75, 3.05) is 19.8 Å². The molecular weight excluding hydrogens is 162 g/mol. The fourth-order valence-electron chi connectivity index (χ4n) is 2.67. The van der Waals surface area contributed by atoms with Crippen LogP contribution in [0.2, 0.25) is 0 Å². The zero-order valence-corrected chi connectivity index (χ0v) is 8.64. The lowest BCUT2D eigenvalue weighted by molar-refractivity contribution is 0.165. The van der Waals surface area contributed by atoms with Crippen molar-refractivity contribution in [3.63, 3.8) is 0 Å². The van der Waals surface area contributed by atoms with E-state index in [0.29, 0.717) is 5.54 Å². The summed E-state index contributed by atoms with van der Waals surface area (Å²) in [7, 11) is 0. The van der Waals surface area contributed by atoms with Crippen molar-refractivity contribution >= 4 is 0 Å². The van der Waals surface area contributed by atoms with Crippen molar-refractivity contribution in [3.8, 4) is 0 Å². The van der Waals surface area contributed by atoms with Gasteiger partial charge in [0.1, 0.15) is 0 Å². The lowest BCUT2D eigenvalue weighted by atomic mass is 9.82. The summed E-state index contributed by atoms with van der Waals surface area (Å²) < 4.78 is 5.42. The highest BCUT2D eigenvalue weighted by molar-refractivity contribution is 4.89. The van der Waals surface area contributed by atoms with Gasteiger partial charge in [0, 0.05) is 18.8 Å². The predicted octanol–water partition coefficient (Wildman–Crippen LogP) is 1.95. The molecule has 2 nitrogen and oxygen atoms in total. The van der Waals surface area contributed by atoms with Crippen LogP contribution in [-0.4, -0.2) is 25.3 Å². The van der Waals surface area contributed by atoms with Gasteiger partial charge in [0.2, 0.25) is 0 Å². The Balaban J connectivity index is 1.83. The molecular formula is C11H21NO. The van der Waals surface area contributed by atoms with Gasteiger partial charge >= 0.3 is 0 Å². The first-order valence-electron chi connectivity index (χ1n) is 5.61. The molecule has 2 rings (SSSR count). The number of hydrogen-bond acceptors (Lipinski definition) is 2. The third kappa shape index (κ3) is 2.44. The summed E-state index contributed by atoms with van der Waals surface area (Å²) in [5, 5.41) is 3.67. The van der Waals surface area contributed by atoms with Gasteiger partial charge in [0.15, 0.2) is 0 Å². The number of rotatable bonds is 2. The summed E-state index contributed by atoms with van der Waals surface area (Å²) in [5.41, 5.74) is 0.413. The second kappa shape index (κ2) is 3.97. The number of nitrogens with one attached hydrogen (secondary N) is 1. The van der Waals surface area contributed by atoms with Crippen molar-refractivity contribution in [1.82, 2.24) is 5.32 Å². The van der Waals surface area contributed by atoms with E-state index >= 15 is 0 Å². The van der Waals surface area contributed by atoms with Crippen molar-refractivity contribution < 1.29 is 4.74 Å². The highest BCUT2D eigenvalue weighted by Gasteiger charge is 2.30. The smallest absolute Gasteiger partial charge is 0.0495 e. The molecule has 0 aliphatic carbocycles. The Kier molecular flexibility index (Phi) is 2.89. The van der Waals surface area contributed by atoms with Crippen LogP contribution in [0.15, 0.2) is 0 Å². The molecule has 2 aliphatic rings. The maximum atomic E-state index is 5.42. The molecule has 1 N–H and O–H groups in total. The van der Waals surface area contributed by atoms with E-state index in [4.69, 9.17) is 4.74 Å². The monoisotopic (exact) mass is 183 g/mol. The molecule has 2 heterocycles. The number of ether oxygens (including phenoxy) is 1. The van der Waals surface area contributed by atoms with Crippen LogP contribution in [0.1, 0.15) is 39.0 Å². The van der Waals surface area contributed by atoms with E-state index in [1.807, 2.05) is 0 Å². The fraction of sp³-hybridized carbons (Fsp3) is 1.00. The van der Waals surface area contributed by atoms with E-state index in [0.717, 1.165) is 19.1 Å². The Morgan fingerprint density at radius 3 is 3.00 bits per heavy atom. The fourth-order valence-corrected chi connectivity index (χ4v) is 2.67. The number of hydrogen-bond donors (Lipinski definition) is 1. The predicted molar refractivity (Wildman–Crippen MR) is 53.8 cm³/mol. The van der Waals surface area contributed by atoms with Gasteiger partial charge in [-0.25, -0.2) is 0 Å². The summed E-state index contributed by atoms with van der Waals surface area (Å²) in [4.78, 5) is 0. The van der Waals surface area contributed by atoms with Gasteiger partial charge in [-0.1, -0.05) is 6.42 Å². The van der Waals surface area contributed by atoms with E-state index in [2.05, 4.69) is 12.2 Å². The molecule has 2 unspecified atom stereocenters. The Morgan fingerprint density at radius 1 is 1.46 bits per heavy atom. The maximum Gasteiger partial charge on any atom is 0.0495 e. The molecule has 0 bridgehead atoms. The molecule has 2 heteroatoms. The molecule has 0 aromatic heterocycles. The lowest BCUT2D eigenvalue weighted by Crippen LogP contribution is -2.47. The van der Waals surface area contributed by atoms with Crippen LogP contribution in [0.5, 0.6) is 0 Å². The summed E-state index contributed by atoms with van der Waals surface area (Å²) in [6.45, 7) is 5.58. The third-order valence-electron chi connectivity index (χ3n) is 3.47. The first-order chi connectivity index (χ1) is 6.29. The summed E-state index contributed by atoms with van der Waals surface area (Å²) in [5.74, 6) is 0.815. The zero-order valence-electron chi connectivity index (χ0n) is 8.64. The Labute approximate surface area is 81.0 Å². The molecule has 0 radical (unpaired) electrons. The van der Waals surface area contributed by atoms with Crippen molar-refractivity contribution in [2.24, 2.45) is 5.92 Å². The first kappa shape index (κ1) is 9.47. The Morgan fingerprint density at radius 2 is 2.38 bits per heavy atom. The van der Waals surface area contributed by atoms with E-state index in [1.54, 1.807) is 0 Å². The topological polar surface area (TPSA) is 21.3 Å². The summed E-state index contributed by atoms with van der Waals surface area (Å²) in [6, 6.07) is 0. The molecule has 13 heavy (non-hydrogen) atoms. The van der Waals surface area contributed by atoms with Crippen LogP contribution in [0.25, 0.3) is 0 Å².